The Hall–Kier alpha value is -2.24. The molecule has 2 aromatic rings. The maximum Gasteiger partial charge on any atom is 0.238 e. The summed E-state index contributed by atoms with van der Waals surface area (Å²) in [4.78, 5) is 4.08. The van der Waals surface area contributed by atoms with Gasteiger partial charge < -0.3 is 5.32 Å². The van der Waals surface area contributed by atoms with E-state index in [1.807, 2.05) is 0 Å². The molecule has 0 bridgehead atoms. The van der Waals surface area contributed by atoms with Crippen LogP contribution in [0.4, 0.5) is 11.4 Å². The van der Waals surface area contributed by atoms with Gasteiger partial charge >= 0.3 is 0 Å². The number of sulfonamides is 2. The minimum absolute atomic E-state index is 0.00243. The minimum Gasteiger partial charge on any atom is -0.360 e. The monoisotopic (exact) mass is 414 g/mol. The number of halogens is 1. The van der Waals surface area contributed by atoms with Gasteiger partial charge in [0.15, 0.2) is 0 Å². The van der Waals surface area contributed by atoms with Crippen molar-refractivity contribution >= 4 is 49.2 Å². The lowest BCUT2D eigenvalue weighted by Crippen LogP contribution is -2.11. The van der Waals surface area contributed by atoms with E-state index < -0.39 is 20.0 Å². The lowest BCUT2D eigenvalue weighted by Gasteiger charge is -2.02. The molecule has 26 heavy (non-hydrogen) atoms. The molecule has 5 N–H and O–H groups in total. The lowest BCUT2D eigenvalue weighted by molar-refractivity contribution is 0.596. The Kier molecular flexibility index (Phi) is 6.16. The van der Waals surface area contributed by atoms with Crippen LogP contribution in [0.25, 0.3) is 0 Å². The highest BCUT2D eigenvalue weighted by Crippen LogP contribution is 2.16. The van der Waals surface area contributed by atoms with Crippen LogP contribution in [-0.4, -0.2) is 23.1 Å². The summed E-state index contributed by atoms with van der Waals surface area (Å²) >= 11 is 6.01. The second kappa shape index (κ2) is 7.98. The van der Waals surface area contributed by atoms with Crippen LogP contribution in [0.1, 0.15) is 0 Å². The second-order valence-corrected chi connectivity index (χ2v) is 8.60. The summed E-state index contributed by atoms with van der Waals surface area (Å²) < 4.78 is 44.7. The molecule has 0 saturated heterocycles. The van der Waals surface area contributed by atoms with E-state index in [2.05, 4.69) is 10.3 Å². The van der Waals surface area contributed by atoms with E-state index in [-0.39, 0.29) is 14.8 Å². The third-order valence-electron chi connectivity index (χ3n) is 3.06. The molecule has 2 rings (SSSR count). The van der Waals surface area contributed by atoms with E-state index in [1.54, 1.807) is 0 Å². The van der Waals surface area contributed by atoms with E-state index in [1.165, 1.54) is 60.9 Å². The molecule has 0 atom stereocenters. The van der Waals surface area contributed by atoms with Crippen molar-refractivity contribution < 1.29 is 16.8 Å². The Balaban J connectivity index is 2.02. The maximum atomic E-state index is 11.2. The van der Waals surface area contributed by atoms with Crippen LogP contribution in [0.5, 0.6) is 0 Å². The molecule has 0 fully saturated rings. The molecule has 138 valence electrons. The molecule has 0 amide bonds. The first kappa shape index (κ1) is 20.1. The van der Waals surface area contributed by atoms with E-state index >= 15 is 0 Å². The van der Waals surface area contributed by atoms with Gasteiger partial charge in [-0.25, -0.2) is 27.1 Å². The van der Waals surface area contributed by atoms with Gasteiger partial charge in [-0.15, -0.1) is 0 Å². The fraction of sp³-hybridized carbons (Fsp3) is 0. The van der Waals surface area contributed by atoms with E-state index in [4.69, 9.17) is 21.9 Å². The van der Waals surface area contributed by atoms with Gasteiger partial charge in [0, 0.05) is 18.1 Å². The highest BCUT2D eigenvalue weighted by molar-refractivity contribution is 7.89. The largest absolute Gasteiger partial charge is 0.360 e. The molecule has 8 nitrogen and oxygen atoms in total. The number of allylic oxidation sites excluding steroid dienone is 1. The van der Waals surface area contributed by atoms with Gasteiger partial charge in [0.25, 0.3) is 0 Å². The number of anilines is 1. The van der Waals surface area contributed by atoms with Crippen LogP contribution in [-0.2, 0) is 20.0 Å². The molecule has 0 aliphatic rings. The first-order valence-corrected chi connectivity index (χ1v) is 10.4. The molecular formula is C15H15ClN4O4S2. The third kappa shape index (κ3) is 5.93. The molecular weight excluding hydrogens is 400 g/mol. The number of aliphatic imine (C=N–C) groups is 1. The molecule has 0 spiro atoms. The Bertz CT molecular complexity index is 1050. The van der Waals surface area contributed by atoms with Gasteiger partial charge in [-0.2, -0.15) is 0 Å². The summed E-state index contributed by atoms with van der Waals surface area (Å²) in [6.45, 7) is 0. The zero-order valence-corrected chi connectivity index (χ0v) is 15.6. The van der Waals surface area contributed by atoms with Gasteiger partial charge in [-0.05, 0) is 48.5 Å². The molecule has 0 aliphatic heterocycles. The standard InChI is InChI=1S/C15H15ClN4O4S2/c16-11(9-19-12-1-5-14(6-2-12)25(17,21)22)10-20-13-3-7-15(8-4-13)26(18,23)24/h1-10,19H,(H2,17,21,22)(H2,18,23,24). The maximum absolute atomic E-state index is 11.2. The van der Waals surface area contributed by atoms with Gasteiger partial charge in [-0.3, -0.25) is 4.99 Å². The van der Waals surface area contributed by atoms with Crippen LogP contribution in [0.15, 0.2) is 74.5 Å². The van der Waals surface area contributed by atoms with Crippen molar-refractivity contribution in [3.05, 3.63) is 59.8 Å². The fourth-order valence-corrected chi connectivity index (χ4v) is 2.92. The number of hydrogen-bond donors (Lipinski definition) is 3. The van der Waals surface area contributed by atoms with Crippen molar-refractivity contribution in [2.45, 2.75) is 9.79 Å². The molecule has 2 aromatic carbocycles. The van der Waals surface area contributed by atoms with Crippen LogP contribution >= 0.6 is 11.6 Å². The van der Waals surface area contributed by atoms with E-state index in [0.29, 0.717) is 11.4 Å². The van der Waals surface area contributed by atoms with E-state index in [9.17, 15) is 16.8 Å². The van der Waals surface area contributed by atoms with Gasteiger partial charge in [-0.1, -0.05) is 11.6 Å². The number of rotatable bonds is 6. The summed E-state index contributed by atoms with van der Waals surface area (Å²) in [5.41, 5.74) is 1.09. The predicted molar refractivity (Wildman–Crippen MR) is 101 cm³/mol. The molecule has 0 unspecified atom stereocenters. The molecule has 0 radical (unpaired) electrons. The van der Waals surface area contributed by atoms with Crippen molar-refractivity contribution in [1.82, 2.24) is 0 Å². The average Bonchev–Trinajstić information content (AvgIpc) is 2.57. The summed E-state index contributed by atoms with van der Waals surface area (Å²) in [5, 5.41) is 13.2. The lowest BCUT2D eigenvalue weighted by atomic mass is 10.3. The third-order valence-corrected chi connectivity index (χ3v) is 5.13. The summed E-state index contributed by atoms with van der Waals surface area (Å²) in [5.74, 6) is 0. The first-order chi connectivity index (χ1) is 12.1. The fourth-order valence-electron chi connectivity index (χ4n) is 1.79. The van der Waals surface area contributed by atoms with Crippen molar-refractivity contribution in [1.29, 1.82) is 0 Å². The predicted octanol–water partition coefficient (Wildman–Crippen LogP) is 1.88. The van der Waals surface area contributed by atoms with Crippen LogP contribution in [0.2, 0.25) is 0 Å². The quantitative estimate of drug-likeness (QED) is 0.618. The topological polar surface area (TPSA) is 145 Å². The smallest absolute Gasteiger partial charge is 0.238 e. The molecule has 0 heterocycles. The zero-order chi connectivity index (χ0) is 19.4. The molecule has 0 saturated carbocycles. The van der Waals surface area contributed by atoms with Crippen molar-refractivity contribution in [3.8, 4) is 0 Å². The van der Waals surface area contributed by atoms with Crippen LogP contribution in [0, 0.1) is 0 Å². The average molecular weight is 415 g/mol. The molecule has 11 heteroatoms. The second-order valence-electron chi connectivity index (χ2n) is 5.04. The minimum atomic E-state index is -3.75. The van der Waals surface area contributed by atoms with Crippen molar-refractivity contribution in [2.75, 3.05) is 5.32 Å². The van der Waals surface area contributed by atoms with E-state index in [0.717, 1.165) is 0 Å². The highest BCUT2D eigenvalue weighted by Gasteiger charge is 2.07. The zero-order valence-electron chi connectivity index (χ0n) is 13.2. The Labute approximate surface area is 156 Å². The normalized spacial score (nSPS) is 13.1. The van der Waals surface area contributed by atoms with Gasteiger partial charge in [0.1, 0.15) is 0 Å². The molecule has 0 aliphatic carbocycles. The number of primary sulfonamides is 2. The number of nitrogens with one attached hydrogen (secondary N) is 1. The van der Waals surface area contributed by atoms with Gasteiger partial charge in [0.05, 0.1) is 20.5 Å². The summed E-state index contributed by atoms with van der Waals surface area (Å²) in [6.07, 6.45) is 2.81. The van der Waals surface area contributed by atoms with Crippen LogP contribution < -0.4 is 15.6 Å². The highest BCUT2D eigenvalue weighted by atomic mass is 35.5. The number of nitrogens with two attached hydrogens (primary N) is 2. The Morgan fingerprint density at radius 1 is 0.885 bits per heavy atom. The van der Waals surface area contributed by atoms with Crippen LogP contribution in [0.3, 0.4) is 0 Å². The number of benzene rings is 2. The number of hydrogen-bond acceptors (Lipinski definition) is 6. The van der Waals surface area contributed by atoms with Gasteiger partial charge in [0.2, 0.25) is 20.0 Å². The Morgan fingerprint density at radius 3 is 1.81 bits per heavy atom. The van der Waals surface area contributed by atoms with Crippen molar-refractivity contribution in [3.63, 3.8) is 0 Å². The summed E-state index contributed by atoms with van der Waals surface area (Å²) in [7, 11) is -7.49. The summed E-state index contributed by atoms with van der Waals surface area (Å²) in [6, 6.07) is 11.4. The van der Waals surface area contributed by atoms with Crippen molar-refractivity contribution in [2.24, 2.45) is 15.3 Å². The number of nitrogens with zero attached hydrogens (tertiary/aromatic N) is 1. The SMILES string of the molecule is NS(=O)(=O)c1ccc(N=CC(Cl)=CNc2ccc(S(N)(=O)=O)cc2)cc1. The first-order valence-electron chi connectivity index (χ1n) is 6.98. The Morgan fingerprint density at radius 2 is 1.35 bits per heavy atom. The molecule has 0 aromatic heterocycles.